The van der Waals surface area contributed by atoms with Crippen LogP contribution >= 0.6 is 11.6 Å². The fraction of sp³-hybridized carbons (Fsp3) is 0.692. The Labute approximate surface area is 118 Å². The lowest BCUT2D eigenvalue weighted by Crippen LogP contribution is -2.53. The van der Waals surface area contributed by atoms with E-state index in [1.165, 1.54) is 0 Å². The van der Waals surface area contributed by atoms with E-state index in [1.54, 1.807) is 6.07 Å². The summed E-state index contributed by atoms with van der Waals surface area (Å²) in [5.74, 6) is 0.708. The largest absolute Gasteiger partial charge is 0.394 e. The predicted molar refractivity (Wildman–Crippen MR) is 73.1 cm³/mol. The number of nitrogens with zero attached hydrogens (tertiary/aromatic N) is 3. The molecule has 6 heteroatoms. The smallest absolute Gasteiger partial charge is 0.144 e. The average molecular weight is 286 g/mol. The van der Waals surface area contributed by atoms with Crippen molar-refractivity contribution in [2.45, 2.75) is 39.0 Å². The van der Waals surface area contributed by atoms with Crippen LogP contribution in [0.15, 0.2) is 6.07 Å². The van der Waals surface area contributed by atoms with Gasteiger partial charge in [0.25, 0.3) is 0 Å². The van der Waals surface area contributed by atoms with Gasteiger partial charge < -0.3 is 9.84 Å². The topological polar surface area (TPSA) is 58.5 Å². The number of aromatic nitrogens is 2. The summed E-state index contributed by atoms with van der Waals surface area (Å²) in [6, 6.07) is 1.74. The molecule has 5 nitrogen and oxygen atoms in total. The summed E-state index contributed by atoms with van der Waals surface area (Å²) in [7, 11) is 0. The Balaban J connectivity index is 2.09. The van der Waals surface area contributed by atoms with Crippen LogP contribution < -0.4 is 0 Å². The van der Waals surface area contributed by atoms with Gasteiger partial charge in [0.15, 0.2) is 0 Å². The Morgan fingerprint density at radius 2 is 2.26 bits per heavy atom. The molecule has 1 N–H and O–H groups in total. The first-order chi connectivity index (χ1) is 8.88. The first kappa shape index (κ1) is 14.7. The summed E-state index contributed by atoms with van der Waals surface area (Å²) in [5.41, 5.74) is 0.584. The number of hydrogen-bond donors (Lipinski definition) is 1. The van der Waals surface area contributed by atoms with Crippen LogP contribution in [-0.4, -0.2) is 51.4 Å². The third-order valence-corrected chi connectivity index (χ3v) is 3.18. The standard InChI is InChI=1S/C13H20ClN3O2/c1-9-4-11(14)16-12(15-9)6-17-5-10(7-18)19-13(2,3)8-17/h4,10,18H,5-8H2,1-3H3. The maximum absolute atomic E-state index is 9.29. The second kappa shape index (κ2) is 5.71. The first-order valence-electron chi connectivity index (χ1n) is 6.39. The molecular formula is C13H20ClN3O2. The van der Waals surface area contributed by atoms with E-state index in [0.717, 1.165) is 12.2 Å². The molecule has 1 aliphatic rings. The minimum absolute atomic E-state index is 0.0232. The third kappa shape index (κ3) is 4.11. The van der Waals surface area contributed by atoms with Gasteiger partial charge in [-0.05, 0) is 26.8 Å². The van der Waals surface area contributed by atoms with E-state index in [0.29, 0.717) is 24.1 Å². The van der Waals surface area contributed by atoms with Crippen molar-refractivity contribution in [2.24, 2.45) is 0 Å². The lowest BCUT2D eigenvalue weighted by molar-refractivity contribution is -0.151. The summed E-state index contributed by atoms with van der Waals surface area (Å²) < 4.78 is 5.78. The van der Waals surface area contributed by atoms with Crippen molar-refractivity contribution in [2.75, 3.05) is 19.7 Å². The lowest BCUT2D eigenvalue weighted by Gasteiger charge is -2.42. The monoisotopic (exact) mass is 285 g/mol. The molecule has 1 aliphatic heterocycles. The maximum atomic E-state index is 9.29. The van der Waals surface area contributed by atoms with Crippen LogP contribution in [0.1, 0.15) is 25.4 Å². The van der Waals surface area contributed by atoms with Crippen molar-refractivity contribution >= 4 is 11.6 Å². The van der Waals surface area contributed by atoms with Gasteiger partial charge >= 0.3 is 0 Å². The molecule has 0 saturated carbocycles. The predicted octanol–water partition coefficient (Wildman–Crippen LogP) is 1.41. The zero-order valence-electron chi connectivity index (χ0n) is 11.6. The number of aryl methyl sites for hydroxylation is 1. The zero-order valence-corrected chi connectivity index (χ0v) is 12.3. The number of ether oxygens (including phenoxy) is 1. The average Bonchev–Trinajstić information content (AvgIpc) is 2.25. The van der Waals surface area contributed by atoms with E-state index < -0.39 is 0 Å². The molecule has 0 amide bonds. The highest BCUT2D eigenvalue weighted by molar-refractivity contribution is 6.29. The van der Waals surface area contributed by atoms with Gasteiger partial charge in [0.2, 0.25) is 0 Å². The molecule has 0 bridgehead atoms. The molecule has 1 saturated heterocycles. The van der Waals surface area contributed by atoms with Crippen LogP contribution in [0.5, 0.6) is 0 Å². The van der Waals surface area contributed by atoms with E-state index in [1.807, 2.05) is 20.8 Å². The van der Waals surface area contributed by atoms with Crippen LogP contribution in [0.3, 0.4) is 0 Å². The maximum Gasteiger partial charge on any atom is 0.144 e. The Morgan fingerprint density at radius 3 is 2.89 bits per heavy atom. The molecule has 2 heterocycles. The molecule has 0 radical (unpaired) electrons. The van der Waals surface area contributed by atoms with Crippen LogP contribution in [0.4, 0.5) is 0 Å². The minimum Gasteiger partial charge on any atom is -0.394 e. The molecule has 2 rings (SSSR count). The molecule has 1 unspecified atom stereocenters. The van der Waals surface area contributed by atoms with Gasteiger partial charge in [-0.3, -0.25) is 4.90 Å². The Morgan fingerprint density at radius 1 is 1.53 bits per heavy atom. The van der Waals surface area contributed by atoms with Crippen LogP contribution in [-0.2, 0) is 11.3 Å². The fourth-order valence-electron chi connectivity index (χ4n) is 2.49. The quantitative estimate of drug-likeness (QED) is 0.851. The molecule has 1 aromatic heterocycles. The van der Waals surface area contributed by atoms with Crippen LogP contribution in [0.2, 0.25) is 5.15 Å². The Bertz CT molecular complexity index is 433. The first-order valence-corrected chi connectivity index (χ1v) is 6.77. The van der Waals surface area contributed by atoms with Crippen molar-refractivity contribution < 1.29 is 9.84 Å². The highest BCUT2D eigenvalue weighted by Crippen LogP contribution is 2.22. The molecule has 19 heavy (non-hydrogen) atoms. The number of halogens is 1. The molecule has 1 aromatic rings. The van der Waals surface area contributed by atoms with Crippen molar-refractivity contribution in [1.82, 2.24) is 14.9 Å². The highest BCUT2D eigenvalue weighted by atomic mass is 35.5. The molecular weight excluding hydrogens is 266 g/mol. The van der Waals surface area contributed by atoms with E-state index in [4.69, 9.17) is 16.3 Å². The zero-order chi connectivity index (χ0) is 14.0. The SMILES string of the molecule is Cc1cc(Cl)nc(CN2CC(CO)OC(C)(C)C2)n1. The Kier molecular flexibility index (Phi) is 4.40. The lowest BCUT2D eigenvalue weighted by atomic mass is 10.1. The van der Waals surface area contributed by atoms with E-state index >= 15 is 0 Å². The van der Waals surface area contributed by atoms with Gasteiger partial charge in [-0.1, -0.05) is 11.6 Å². The number of hydrogen-bond acceptors (Lipinski definition) is 5. The number of aliphatic hydroxyl groups is 1. The van der Waals surface area contributed by atoms with E-state index in [2.05, 4.69) is 14.9 Å². The summed E-state index contributed by atoms with van der Waals surface area (Å²) in [5, 5.41) is 9.76. The number of aliphatic hydroxyl groups excluding tert-OH is 1. The summed E-state index contributed by atoms with van der Waals surface area (Å²) in [6.45, 7) is 8.03. The van der Waals surface area contributed by atoms with E-state index in [-0.39, 0.29) is 18.3 Å². The molecule has 0 aromatic carbocycles. The molecule has 0 aliphatic carbocycles. The minimum atomic E-state index is -0.279. The molecule has 106 valence electrons. The third-order valence-electron chi connectivity index (χ3n) is 2.99. The van der Waals surface area contributed by atoms with Gasteiger partial charge in [-0.15, -0.1) is 0 Å². The molecule has 0 spiro atoms. The summed E-state index contributed by atoms with van der Waals surface area (Å²) >= 11 is 5.95. The fourth-order valence-corrected chi connectivity index (χ4v) is 2.75. The van der Waals surface area contributed by atoms with Crippen molar-refractivity contribution in [3.63, 3.8) is 0 Å². The molecule has 1 atom stereocenters. The van der Waals surface area contributed by atoms with Crippen LogP contribution in [0, 0.1) is 6.92 Å². The van der Waals surface area contributed by atoms with Crippen molar-refractivity contribution in [1.29, 1.82) is 0 Å². The summed E-state index contributed by atoms with van der Waals surface area (Å²) in [6.07, 6.45) is -0.163. The molecule has 1 fully saturated rings. The van der Waals surface area contributed by atoms with Crippen molar-refractivity contribution in [3.8, 4) is 0 Å². The van der Waals surface area contributed by atoms with Gasteiger partial charge in [-0.25, -0.2) is 9.97 Å². The number of morpholine rings is 1. The Hall–Kier alpha value is -0.750. The number of rotatable bonds is 3. The second-order valence-corrected chi connectivity index (χ2v) is 5.99. The van der Waals surface area contributed by atoms with Gasteiger partial charge in [0, 0.05) is 18.8 Å². The normalized spacial score (nSPS) is 23.5. The van der Waals surface area contributed by atoms with E-state index in [9.17, 15) is 5.11 Å². The van der Waals surface area contributed by atoms with Gasteiger partial charge in [-0.2, -0.15) is 0 Å². The van der Waals surface area contributed by atoms with Gasteiger partial charge in [0.1, 0.15) is 11.0 Å². The highest BCUT2D eigenvalue weighted by Gasteiger charge is 2.33. The van der Waals surface area contributed by atoms with Crippen molar-refractivity contribution in [3.05, 3.63) is 22.7 Å². The summed E-state index contributed by atoms with van der Waals surface area (Å²) in [4.78, 5) is 10.8. The van der Waals surface area contributed by atoms with Crippen LogP contribution in [0.25, 0.3) is 0 Å². The second-order valence-electron chi connectivity index (χ2n) is 5.60. The van der Waals surface area contributed by atoms with Gasteiger partial charge in [0.05, 0.1) is 24.9 Å².